The summed E-state index contributed by atoms with van der Waals surface area (Å²) in [5.74, 6) is 0.688. The van der Waals surface area contributed by atoms with Crippen LogP contribution in [-0.2, 0) is 34.0 Å². The summed E-state index contributed by atoms with van der Waals surface area (Å²) in [6.45, 7) is 0. The van der Waals surface area contributed by atoms with Gasteiger partial charge >= 0.3 is 0 Å². The molecule has 0 fully saturated rings. The number of aryl methyl sites for hydroxylation is 4. The van der Waals surface area contributed by atoms with E-state index in [-0.39, 0.29) is 0 Å². The Balaban J connectivity index is 0.000000122. The molecule has 64 heavy (non-hydrogen) atoms. The lowest BCUT2D eigenvalue weighted by Crippen LogP contribution is -2.29. The maximum Gasteiger partial charge on any atom is 0.176 e. The van der Waals surface area contributed by atoms with Crippen LogP contribution in [0.5, 0.6) is 0 Å². The van der Waals surface area contributed by atoms with E-state index in [4.69, 9.17) is 0 Å². The van der Waals surface area contributed by atoms with Gasteiger partial charge in [-0.2, -0.15) is 0 Å². The van der Waals surface area contributed by atoms with E-state index in [1.165, 1.54) is 113 Å². The van der Waals surface area contributed by atoms with Crippen LogP contribution in [0.15, 0.2) is 159 Å². The van der Waals surface area contributed by atoms with Gasteiger partial charge in [-0.3, -0.25) is 0 Å². The maximum atomic E-state index is 2.43. The van der Waals surface area contributed by atoms with Crippen molar-refractivity contribution in [3.63, 3.8) is 0 Å². The summed E-state index contributed by atoms with van der Waals surface area (Å²) in [7, 11) is 18.7. The van der Waals surface area contributed by atoms with Crippen LogP contribution >= 0.6 is 0 Å². The number of aromatic nitrogens is 3. The first-order valence-corrected chi connectivity index (χ1v) is 22.5. The molecular weight excluding hydrogens is 781 g/mol. The molecular formula is C58H61N6+3. The third kappa shape index (κ3) is 8.78. The lowest BCUT2D eigenvalue weighted by atomic mass is 9.73. The van der Waals surface area contributed by atoms with Gasteiger partial charge in [-0.25, -0.2) is 13.7 Å². The highest BCUT2D eigenvalue weighted by Gasteiger charge is 2.29. The van der Waals surface area contributed by atoms with Crippen molar-refractivity contribution in [1.82, 2.24) is 0 Å². The second-order valence-electron chi connectivity index (χ2n) is 18.4. The Morgan fingerprint density at radius 3 is 1.77 bits per heavy atom. The van der Waals surface area contributed by atoms with Crippen LogP contribution in [-0.4, -0.2) is 42.3 Å². The first-order valence-electron chi connectivity index (χ1n) is 22.5. The first kappa shape index (κ1) is 42.3. The molecule has 0 spiro atoms. The topological polar surface area (TPSA) is 21.4 Å². The van der Waals surface area contributed by atoms with Crippen molar-refractivity contribution in [2.45, 2.75) is 19.3 Å². The highest BCUT2D eigenvalue weighted by molar-refractivity contribution is 6.12. The third-order valence-electron chi connectivity index (χ3n) is 13.1. The summed E-state index contributed by atoms with van der Waals surface area (Å²) in [4.78, 5) is 6.46. The molecule has 0 amide bonds. The SMILES string of the molecule is CN(C)c1ccc2c(c1)CCC1Cc3c[n+](C)ccc3C=C21.CN(C)c1ccc2c(ccc3cc4c[n+](C)ccc4cc32)c1.CN(C)c1ccc2cc(-c3cc[n+](C)cc3)ccc2c1. The lowest BCUT2D eigenvalue weighted by Gasteiger charge is -2.32. The molecule has 1 unspecified atom stereocenters. The molecule has 3 aromatic heterocycles. The second-order valence-corrected chi connectivity index (χ2v) is 18.4. The fourth-order valence-electron chi connectivity index (χ4n) is 9.39. The number of pyridine rings is 3. The Hall–Kier alpha value is -7.05. The number of nitrogens with zero attached hydrogens (tertiary/aromatic N) is 6. The first-order chi connectivity index (χ1) is 30.9. The van der Waals surface area contributed by atoms with Crippen molar-refractivity contribution in [3.05, 3.63) is 181 Å². The summed E-state index contributed by atoms with van der Waals surface area (Å²) >= 11 is 0. The Morgan fingerprint density at radius 2 is 1.02 bits per heavy atom. The molecule has 0 saturated carbocycles. The van der Waals surface area contributed by atoms with E-state index < -0.39 is 0 Å². The van der Waals surface area contributed by atoms with Crippen LogP contribution in [0.25, 0.3) is 65.9 Å². The summed E-state index contributed by atoms with van der Waals surface area (Å²) in [6, 6.07) is 44.6. The monoisotopic (exact) mass is 841 g/mol. The van der Waals surface area contributed by atoms with Gasteiger partial charge in [-0.1, -0.05) is 48.5 Å². The number of fused-ring (bicyclic) bond motifs is 9. The largest absolute Gasteiger partial charge is 0.378 e. The second kappa shape index (κ2) is 17.6. The van der Waals surface area contributed by atoms with Crippen LogP contribution < -0.4 is 28.4 Å². The van der Waals surface area contributed by atoms with Gasteiger partial charge in [0.2, 0.25) is 0 Å². The fraction of sp³-hybridized carbons (Fsp3) is 0.224. The van der Waals surface area contributed by atoms with E-state index >= 15 is 0 Å². The molecule has 11 rings (SSSR count). The molecule has 2 aliphatic rings. The number of benzene rings is 6. The molecule has 6 heteroatoms. The Morgan fingerprint density at radius 1 is 0.438 bits per heavy atom. The predicted molar refractivity (Wildman–Crippen MR) is 271 cm³/mol. The third-order valence-corrected chi connectivity index (χ3v) is 13.1. The molecule has 9 aromatic rings. The molecule has 0 saturated heterocycles. The van der Waals surface area contributed by atoms with Crippen LogP contribution in [0.4, 0.5) is 17.1 Å². The fourth-order valence-corrected chi connectivity index (χ4v) is 9.39. The predicted octanol–water partition coefficient (Wildman–Crippen LogP) is 10.7. The normalized spacial score (nSPS) is 13.8. The summed E-state index contributed by atoms with van der Waals surface area (Å²) < 4.78 is 6.31. The highest BCUT2D eigenvalue weighted by atomic mass is 15.1. The van der Waals surface area contributed by atoms with Crippen molar-refractivity contribution in [3.8, 4) is 11.1 Å². The average Bonchev–Trinajstić information content (AvgIpc) is 3.30. The lowest BCUT2D eigenvalue weighted by molar-refractivity contribution is -0.672. The zero-order chi connectivity index (χ0) is 44.6. The summed E-state index contributed by atoms with van der Waals surface area (Å²) in [5.41, 5.74) is 13.7. The van der Waals surface area contributed by atoms with Gasteiger partial charge < -0.3 is 14.7 Å². The quantitative estimate of drug-likeness (QED) is 0.100. The molecule has 6 aromatic carbocycles. The number of hydrogen-bond acceptors (Lipinski definition) is 3. The van der Waals surface area contributed by atoms with Gasteiger partial charge in [0.05, 0.1) is 0 Å². The van der Waals surface area contributed by atoms with Crippen molar-refractivity contribution in [1.29, 1.82) is 0 Å². The van der Waals surface area contributed by atoms with Gasteiger partial charge in [0.25, 0.3) is 0 Å². The zero-order valence-corrected chi connectivity index (χ0v) is 39.0. The average molecular weight is 842 g/mol. The molecule has 6 nitrogen and oxygen atoms in total. The van der Waals surface area contributed by atoms with Crippen molar-refractivity contribution in [2.24, 2.45) is 27.1 Å². The summed E-state index contributed by atoms with van der Waals surface area (Å²) in [6.07, 6.45) is 19.0. The molecule has 0 N–H and O–H groups in total. The Kier molecular flexibility index (Phi) is 11.6. The minimum absolute atomic E-state index is 0.688. The van der Waals surface area contributed by atoms with Crippen molar-refractivity contribution < 1.29 is 13.7 Å². The van der Waals surface area contributed by atoms with E-state index in [1.54, 1.807) is 5.57 Å². The zero-order valence-electron chi connectivity index (χ0n) is 39.0. The number of allylic oxidation sites excluding steroid dienone is 1. The van der Waals surface area contributed by atoms with Crippen molar-refractivity contribution >= 4 is 71.8 Å². The Bertz CT molecular complexity index is 3210. The molecule has 0 bridgehead atoms. The number of anilines is 3. The van der Waals surface area contributed by atoms with Crippen LogP contribution in [0, 0.1) is 5.92 Å². The van der Waals surface area contributed by atoms with Gasteiger partial charge in [-0.05, 0) is 151 Å². The highest BCUT2D eigenvalue weighted by Crippen LogP contribution is 2.43. The molecule has 0 radical (unpaired) electrons. The van der Waals surface area contributed by atoms with Crippen LogP contribution in [0.2, 0.25) is 0 Å². The van der Waals surface area contributed by atoms with Gasteiger partial charge in [0, 0.05) is 94.6 Å². The minimum Gasteiger partial charge on any atom is -0.378 e. The molecule has 1 atom stereocenters. The van der Waals surface area contributed by atoms with Gasteiger partial charge in [-0.15, -0.1) is 0 Å². The van der Waals surface area contributed by atoms with Crippen LogP contribution in [0.1, 0.15) is 28.7 Å². The van der Waals surface area contributed by atoms with Crippen LogP contribution in [0.3, 0.4) is 0 Å². The van der Waals surface area contributed by atoms with E-state index in [1.807, 2.05) is 11.6 Å². The minimum atomic E-state index is 0.688. The smallest absolute Gasteiger partial charge is 0.176 e. The molecule has 320 valence electrons. The Labute approximate surface area is 379 Å². The standard InChI is InChI=1S/C20H23N2.C20H19N2.C18H19N2/c2*1-21(2)18-6-7-19-16(11-18)5-4-15-10-17-13-22(3)9-8-14(17)12-20(15)19;1-19(2)18-7-6-16-12-15(4-5-17(16)13-18)14-8-10-20(3)11-9-14/h6-9,11-13,15H,4-5,10H2,1-3H3;4-13H,1-3H3;4-13H,1-3H3/q3*+1. The molecule has 2 aliphatic carbocycles. The maximum absolute atomic E-state index is 2.43. The van der Waals surface area contributed by atoms with Crippen molar-refractivity contribution in [2.75, 3.05) is 57.0 Å². The van der Waals surface area contributed by atoms with E-state index in [0.717, 1.165) is 0 Å². The number of hydrogen-bond donors (Lipinski definition) is 0. The molecule has 3 heterocycles. The summed E-state index contributed by atoms with van der Waals surface area (Å²) in [5, 5.41) is 10.4. The van der Waals surface area contributed by atoms with Gasteiger partial charge in [0.1, 0.15) is 21.1 Å². The van der Waals surface area contributed by atoms with E-state index in [0.29, 0.717) is 5.92 Å². The van der Waals surface area contributed by atoms with E-state index in [2.05, 4.69) is 245 Å². The van der Waals surface area contributed by atoms with E-state index in [9.17, 15) is 0 Å². The number of rotatable bonds is 4. The molecule has 0 aliphatic heterocycles. The van der Waals surface area contributed by atoms with Gasteiger partial charge in [0.15, 0.2) is 37.2 Å².